The van der Waals surface area contributed by atoms with E-state index in [9.17, 15) is 9.18 Å². The number of H-pyrrole nitrogens is 1. The van der Waals surface area contributed by atoms with Crippen molar-refractivity contribution in [2.45, 2.75) is 39.8 Å². The smallest absolute Gasteiger partial charge is 0.270 e. The summed E-state index contributed by atoms with van der Waals surface area (Å²) in [6, 6.07) is 4.65. The minimum Gasteiger partial charge on any atom is -0.497 e. The fraction of sp³-hybridized carbons (Fsp3) is 0.471. The van der Waals surface area contributed by atoms with Crippen LogP contribution in [0.15, 0.2) is 23.0 Å². The van der Waals surface area contributed by atoms with Gasteiger partial charge in [0.25, 0.3) is 5.56 Å². The highest BCUT2D eigenvalue weighted by Crippen LogP contribution is 2.30. The molecule has 1 aromatic carbocycles. The molecule has 1 unspecified atom stereocenters. The zero-order chi connectivity index (χ0) is 17.1. The van der Waals surface area contributed by atoms with Crippen LogP contribution in [0, 0.1) is 12.7 Å². The van der Waals surface area contributed by atoms with Crippen LogP contribution in [-0.4, -0.2) is 23.5 Å². The molecule has 23 heavy (non-hydrogen) atoms. The van der Waals surface area contributed by atoms with E-state index in [4.69, 9.17) is 9.47 Å². The molecule has 0 aliphatic heterocycles. The molecule has 0 amide bonds. The normalized spacial score (nSPS) is 12.7. The van der Waals surface area contributed by atoms with Crippen molar-refractivity contribution >= 4 is 0 Å². The second-order valence-electron chi connectivity index (χ2n) is 5.63. The van der Waals surface area contributed by atoms with Crippen LogP contribution < -0.4 is 10.3 Å². The first-order chi connectivity index (χ1) is 10.9. The first-order valence-electron chi connectivity index (χ1n) is 7.66. The number of aromatic amines is 1. The molecule has 0 fully saturated rings. The predicted molar refractivity (Wildman–Crippen MR) is 86.6 cm³/mol. The number of halogens is 1. The van der Waals surface area contributed by atoms with Gasteiger partial charge in [0.2, 0.25) is 0 Å². The Labute approximate surface area is 135 Å². The van der Waals surface area contributed by atoms with Crippen molar-refractivity contribution in [2.24, 2.45) is 0 Å². The standard InChI is InChI=1S/C17H23FN2O3/c1-6-23-16(13-8-7-12(22-5)9-14(13)18)15-11(4)20(10(2)3)19-17(15)21/h7-10,16H,6H2,1-5H3,(H,19,21). The number of nitrogens with zero attached hydrogens (tertiary/aromatic N) is 1. The van der Waals surface area contributed by atoms with Gasteiger partial charge in [-0.15, -0.1) is 0 Å². The highest BCUT2D eigenvalue weighted by Gasteiger charge is 2.26. The Morgan fingerprint density at radius 3 is 2.52 bits per heavy atom. The first kappa shape index (κ1) is 17.3. The van der Waals surface area contributed by atoms with Crippen molar-refractivity contribution in [2.75, 3.05) is 13.7 Å². The lowest BCUT2D eigenvalue weighted by molar-refractivity contribution is 0.0875. The van der Waals surface area contributed by atoms with E-state index in [1.54, 1.807) is 16.8 Å². The van der Waals surface area contributed by atoms with Gasteiger partial charge in [0.05, 0.1) is 12.7 Å². The summed E-state index contributed by atoms with van der Waals surface area (Å²) in [6.07, 6.45) is -0.755. The molecule has 1 N–H and O–H groups in total. The van der Waals surface area contributed by atoms with E-state index >= 15 is 0 Å². The van der Waals surface area contributed by atoms with Crippen molar-refractivity contribution in [1.82, 2.24) is 9.78 Å². The second-order valence-corrected chi connectivity index (χ2v) is 5.63. The molecule has 126 valence electrons. The third-order valence-electron chi connectivity index (χ3n) is 3.82. The van der Waals surface area contributed by atoms with Gasteiger partial charge in [-0.3, -0.25) is 14.6 Å². The summed E-state index contributed by atoms with van der Waals surface area (Å²) in [5, 5.41) is 2.80. The Bertz CT molecular complexity index is 734. The monoisotopic (exact) mass is 322 g/mol. The molecule has 0 saturated carbocycles. The largest absolute Gasteiger partial charge is 0.497 e. The summed E-state index contributed by atoms with van der Waals surface area (Å²) in [4.78, 5) is 12.4. The van der Waals surface area contributed by atoms with Gasteiger partial charge in [0.15, 0.2) is 0 Å². The Hall–Kier alpha value is -2.08. The molecule has 5 nitrogen and oxygen atoms in total. The van der Waals surface area contributed by atoms with E-state index in [0.29, 0.717) is 23.5 Å². The molecule has 2 rings (SSSR count). The van der Waals surface area contributed by atoms with Crippen LogP contribution in [0.1, 0.15) is 49.7 Å². The van der Waals surface area contributed by atoms with Crippen molar-refractivity contribution in [3.63, 3.8) is 0 Å². The van der Waals surface area contributed by atoms with E-state index < -0.39 is 11.9 Å². The summed E-state index contributed by atoms with van der Waals surface area (Å²) >= 11 is 0. The molecule has 1 atom stereocenters. The van der Waals surface area contributed by atoms with Gasteiger partial charge in [-0.2, -0.15) is 0 Å². The van der Waals surface area contributed by atoms with Crippen molar-refractivity contribution in [3.05, 3.63) is 51.2 Å². The number of rotatable bonds is 6. The fourth-order valence-electron chi connectivity index (χ4n) is 2.72. The quantitative estimate of drug-likeness (QED) is 0.887. The van der Waals surface area contributed by atoms with E-state index in [1.165, 1.54) is 13.2 Å². The SMILES string of the molecule is CCOC(c1ccc(OC)cc1F)c1c(C)n(C(C)C)[nH]c1=O. The third kappa shape index (κ3) is 3.32. The molecular weight excluding hydrogens is 299 g/mol. The van der Waals surface area contributed by atoms with Crippen LogP contribution in [0.2, 0.25) is 0 Å². The number of benzene rings is 1. The zero-order valence-corrected chi connectivity index (χ0v) is 14.1. The Balaban J connectivity index is 2.58. The van der Waals surface area contributed by atoms with Gasteiger partial charge in [-0.1, -0.05) is 0 Å². The van der Waals surface area contributed by atoms with Crippen LogP contribution in [0.25, 0.3) is 0 Å². The fourth-order valence-corrected chi connectivity index (χ4v) is 2.72. The Kier molecular flexibility index (Phi) is 5.26. The number of methoxy groups -OCH3 is 1. The summed E-state index contributed by atoms with van der Waals surface area (Å²) in [6.45, 7) is 7.95. The molecule has 0 radical (unpaired) electrons. The Morgan fingerprint density at radius 2 is 2.04 bits per heavy atom. The second kappa shape index (κ2) is 7.00. The lowest BCUT2D eigenvalue weighted by atomic mass is 10.0. The van der Waals surface area contributed by atoms with E-state index in [2.05, 4.69) is 5.10 Å². The topological polar surface area (TPSA) is 56.2 Å². The summed E-state index contributed by atoms with van der Waals surface area (Å²) in [5.74, 6) is -0.0363. The lowest BCUT2D eigenvalue weighted by Gasteiger charge is -2.18. The molecule has 0 aliphatic carbocycles. The lowest BCUT2D eigenvalue weighted by Crippen LogP contribution is -2.17. The highest BCUT2D eigenvalue weighted by atomic mass is 19.1. The van der Waals surface area contributed by atoms with Crippen molar-refractivity contribution in [1.29, 1.82) is 0 Å². The first-order valence-corrected chi connectivity index (χ1v) is 7.66. The molecule has 6 heteroatoms. The highest BCUT2D eigenvalue weighted by molar-refractivity contribution is 5.36. The zero-order valence-electron chi connectivity index (χ0n) is 14.1. The van der Waals surface area contributed by atoms with Crippen LogP contribution in [-0.2, 0) is 4.74 Å². The van der Waals surface area contributed by atoms with E-state index in [0.717, 1.165) is 5.69 Å². The summed E-state index contributed by atoms with van der Waals surface area (Å²) in [7, 11) is 1.48. The molecule has 0 aliphatic rings. The maximum Gasteiger partial charge on any atom is 0.270 e. The number of nitrogens with one attached hydrogen (secondary N) is 1. The third-order valence-corrected chi connectivity index (χ3v) is 3.82. The van der Waals surface area contributed by atoms with Gasteiger partial charge < -0.3 is 9.47 Å². The minimum absolute atomic E-state index is 0.0967. The maximum absolute atomic E-state index is 14.4. The molecular formula is C17H23FN2O3. The molecule has 0 bridgehead atoms. The van der Waals surface area contributed by atoms with Gasteiger partial charge in [-0.25, -0.2) is 4.39 Å². The predicted octanol–water partition coefficient (Wildman–Crippen LogP) is 3.34. The van der Waals surface area contributed by atoms with Crippen LogP contribution >= 0.6 is 0 Å². The number of hydrogen-bond donors (Lipinski definition) is 1. The van der Waals surface area contributed by atoms with E-state index in [1.807, 2.05) is 27.7 Å². The van der Waals surface area contributed by atoms with E-state index in [-0.39, 0.29) is 11.6 Å². The molecule has 2 aromatic rings. The average molecular weight is 322 g/mol. The van der Waals surface area contributed by atoms with Crippen molar-refractivity contribution in [3.8, 4) is 5.75 Å². The van der Waals surface area contributed by atoms with Crippen molar-refractivity contribution < 1.29 is 13.9 Å². The van der Waals surface area contributed by atoms with Crippen LogP contribution in [0.5, 0.6) is 5.75 Å². The number of hydrogen-bond acceptors (Lipinski definition) is 3. The minimum atomic E-state index is -0.755. The van der Waals surface area contributed by atoms with Gasteiger partial charge in [0, 0.05) is 30.0 Å². The molecule has 0 spiro atoms. The molecule has 1 aromatic heterocycles. The van der Waals surface area contributed by atoms with Gasteiger partial charge in [-0.05, 0) is 39.8 Å². The van der Waals surface area contributed by atoms with Crippen LogP contribution in [0.3, 0.4) is 0 Å². The summed E-state index contributed by atoms with van der Waals surface area (Å²) < 4.78 is 26.9. The number of aromatic nitrogens is 2. The van der Waals surface area contributed by atoms with Gasteiger partial charge >= 0.3 is 0 Å². The average Bonchev–Trinajstić information content (AvgIpc) is 2.80. The summed E-state index contributed by atoms with van der Waals surface area (Å²) in [5.41, 5.74) is 1.25. The Morgan fingerprint density at radius 1 is 1.35 bits per heavy atom. The molecule has 0 saturated heterocycles. The van der Waals surface area contributed by atoms with Gasteiger partial charge in [0.1, 0.15) is 17.7 Å². The van der Waals surface area contributed by atoms with Crippen LogP contribution in [0.4, 0.5) is 4.39 Å². The molecule has 1 heterocycles. The maximum atomic E-state index is 14.4. The number of ether oxygens (including phenoxy) is 2.